The summed E-state index contributed by atoms with van der Waals surface area (Å²) in [5, 5.41) is 0. The molecule has 1 aromatic heterocycles. The van der Waals surface area contributed by atoms with Crippen molar-refractivity contribution in [1.29, 1.82) is 0 Å². The van der Waals surface area contributed by atoms with Gasteiger partial charge in [-0.05, 0) is 6.92 Å². The topological polar surface area (TPSA) is 55.3 Å². The summed E-state index contributed by atoms with van der Waals surface area (Å²) in [6.07, 6.45) is 3.07. The van der Waals surface area contributed by atoms with Gasteiger partial charge in [-0.3, -0.25) is 4.79 Å². The highest BCUT2D eigenvalue weighted by atomic mass is 16.5. The van der Waals surface area contributed by atoms with E-state index in [1.165, 1.54) is 6.33 Å². The van der Waals surface area contributed by atoms with Gasteiger partial charge >= 0.3 is 0 Å². The molecule has 1 atom stereocenters. The summed E-state index contributed by atoms with van der Waals surface area (Å²) >= 11 is 0. The van der Waals surface area contributed by atoms with Gasteiger partial charge in [0, 0.05) is 18.3 Å². The van der Waals surface area contributed by atoms with Crippen LogP contribution in [0.25, 0.3) is 11.3 Å². The Morgan fingerprint density at radius 3 is 2.90 bits per heavy atom. The fourth-order valence-corrected chi connectivity index (χ4v) is 2.50. The molecule has 0 saturated carbocycles. The molecule has 21 heavy (non-hydrogen) atoms. The number of nitrogens with zero attached hydrogens (tertiary/aromatic N) is 3. The van der Waals surface area contributed by atoms with E-state index >= 15 is 0 Å². The van der Waals surface area contributed by atoms with E-state index in [9.17, 15) is 4.79 Å². The molecule has 2 heterocycles. The molecule has 1 saturated heterocycles. The van der Waals surface area contributed by atoms with E-state index < -0.39 is 0 Å². The second-order valence-electron chi connectivity index (χ2n) is 5.07. The molecule has 0 N–H and O–H groups in total. The maximum Gasteiger partial charge on any atom is 0.258 e. The van der Waals surface area contributed by atoms with Crippen LogP contribution in [0.1, 0.15) is 17.3 Å². The molecule has 3 rings (SSSR count). The quantitative estimate of drug-likeness (QED) is 0.846. The fraction of sp³-hybridized carbons (Fsp3) is 0.312. The molecule has 1 amide bonds. The number of amides is 1. The molecule has 1 aliphatic heterocycles. The Hall–Kier alpha value is -2.27. The van der Waals surface area contributed by atoms with Crippen molar-refractivity contribution in [2.24, 2.45) is 0 Å². The van der Waals surface area contributed by atoms with E-state index in [2.05, 4.69) is 9.97 Å². The predicted molar refractivity (Wildman–Crippen MR) is 78.8 cm³/mol. The van der Waals surface area contributed by atoms with Crippen molar-refractivity contribution in [2.45, 2.75) is 13.0 Å². The lowest BCUT2D eigenvalue weighted by atomic mass is 10.1. The van der Waals surface area contributed by atoms with Gasteiger partial charge in [0.05, 0.1) is 30.5 Å². The molecule has 1 fully saturated rings. The summed E-state index contributed by atoms with van der Waals surface area (Å²) < 4.78 is 5.39. The van der Waals surface area contributed by atoms with E-state index in [4.69, 9.17) is 4.74 Å². The lowest BCUT2D eigenvalue weighted by Gasteiger charge is -2.33. The molecule has 1 aliphatic rings. The third kappa shape index (κ3) is 2.78. The second kappa shape index (κ2) is 6.01. The summed E-state index contributed by atoms with van der Waals surface area (Å²) in [6, 6.07) is 9.77. The summed E-state index contributed by atoms with van der Waals surface area (Å²) in [6.45, 7) is 3.73. The van der Waals surface area contributed by atoms with Crippen molar-refractivity contribution in [3.05, 3.63) is 48.4 Å². The van der Waals surface area contributed by atoms with Gasteiger partial charge in [-0.25, -0.2) is 9.97 Å². The smallest absolute Gasteiger partial charge is 0.258 e. The average Bonchev–Trinajstić information content (AvgIpc) is 2.55. The monoisotopic (exact) mass is 283 g/mol. The van der Waals surface area contributed by atoms with E-state index in [1.807, 2.05) is 42.2 Å². The van der Waals surface area contributed by atoms with Gasteiger partial charge in [-0.15, -0.1) is 0 Å². The molecule has 1 aromatic carbocycles. The Kier molecular flexibility index (Phi) is 3.92. The van der Waals surface area contributed by atoms with Crippen LogP contribution in [0.5, 0.6) is 0 Å². The number of benzene rings is 1. The van der Waals surface area contributed by atoms with Crippen LogP contribution in [-0.4, -0.2) is 46.6 Å². The molecule has 0 spiro atoms. The van der Waals surface area contributed by atoms with Crippen LogP contribution in [0.4, 0.5) is 0 Å². The predicted octanol–water partition coefficient (Wildman–Crippen LogP) is 2.00. The molecule has 2 aromatic rings. The second-order valence-corrected chi connectivity index (χ2v) is 5.07. The third-order valence-corrected chi connectivity index (χ3v) is 3.62. The highest BCUT2D eigenvalue weighted by Crippen LogP contribution is 2.22. The van der Waals surface area contributed by atoms with Crippen LogP contribution in [0, 0.1) is 0 Å². The van der Waals surface area contributed by atoms with Gasteiger partial charge in [-0.1, -0.05) is 30.3 Å². The minimum absolute atomic E-state index is 0.0368. The molecular weight excluding hydrogens is 266 g/mol. The molecule has 5 heteroatoms. The largest absolute Gasteiger partial charge is 0.377 e. The van der Waals surface area contributed by atoms with Crippen LogP contribution >= 0.6 is 0 Å². The maximum absolute atomic E-state index is 12.8. The van der Waals surface area contributed by atoms with E-state index in [0.717, 1.165) is 5.56 Å². The van der Waals surface area contributed by atoms with Crippen molar-refractivity contribution in [3.8, 4) is 11.3 Å². The van der Waals surface area contributed by atoms with Gasteiger partial charge in [-0.2, -0.15) is 0 Å². The molecular formula is C16H17N3O2. The zero-order valence-electron chi connectivity index (χ0n) is 11.9. The molecule has 0 aliphatic carbocycles. The molecule has 108 valence electrons. The first-order chi connectivity index (χ1) is 10.3. The van der Waals surface area contributed by atoms with Crippen LogP contribution in [0.3, 0.4) is 0 Å². The summed E-state index contributed by atoms with van der Waals surface area (Å²) in [7, 11) is 0. The van der Waals surface area contributed by atoms with Gasteiger partial charge in [0.1, 0.15) is 6.33 Å². The first kappa shape index (κ1) is 13.7. The van der Waals surface area contributed by atoms with Crippen molar-refractivity contribution in [3.63, 3.8) is 0 Å². The zero-order chi connectivity index (χ0) is 14.7. The van der Waals surface area contributed by atoms with Gasteiger partial charge in [0.25, 0.3) is 5.91 Å². The Morgan fingerprint density at radius 2 is 2.14 bits per heavy atom. The number of hydrogen-bond donors (Lipinski definition) is 0. The number of aromatic nitrogens is 2. The van der Waals surface area contributed by atoms with Gasteiger partial charge in [0.2, 0.25) is 0 Å². The number of carbonyl (C=O) groups excluding carboxylic acids is 1. The van der Waals surface area contributed by atoms with E-state index in [-0.39, 0.29) is 11.9 Å². The lowest BCUT2D eigenvalue weighted by molar-refractivity contribution is 0.00359. The van der Waals surface area contributed by atoms with Gasteiger partial charge in [0.15, 0.2) is 0 Å². The minimum Gasteiger partial charge on any atom is -0.377 e. The molecule has 5 nitrogen and oxygen atoms in total. The van der Waals surface area contributed by atoms with Crippen LogP contribution in [-0.2, 0) is 4.74 Å². The Labute approximate surface area is 123 Å². The average molecular weight is 283 g/mol. The number of hydrogen-bond acceptors (Lipinski definition) is 4. The zero-order valence-corrected chi connectivity index (χ0v) is 11.9. The molecule has 0 unspecified atom stereocenters. The van der Waals surface area contributed by atoms with Crippen molar-refractivity contribution in [1.82, 2.24) is 14.9 Å². The number of morpholine rings is 1. The SMILES string of the molecule is C[C@@H]1COCCN1C(=O)c1cncnc1-c1ccccc1. The van der Waals surface area contributed by atoms with E-state index in [1.54, 1.807) is 6.20 Å². The maximum atomic E-state index is 12.8. The van der Waals surface area contributed by atoms with Crippen LogP contribution in [0.15, 0.2) is 42.9 Å². The summed E-state index contributed by atoms with van der Waals surface area (Å²) in [5.74, 6) is -0.0368. The van der Waals surface area contributed by atoms with Crippen molar-refractivity contribution >= 4 is 5.91 Å². The van der Waals surface area contributed by atoms with E-state index in [0.29, 0.717) is 31.0 Å². The van der Waals surface area contributed by atoms with Crippen molar-refractivity contribution in [2.75, 3.05) is 19.8 Å². The summed E-state index contributed by atoms with van der Waals surface area (Å²) in [4.78, 5) is 22.9. The first-order valence-electron chi connectivity index (χ1n) is 7.01. The Balaban J connectivity index is 1.97. The minimum atomic E-state index is -0.0368. The molecule has 0 bridgehead atoms. The van der Waals surface area contributed by atoms with Crippen LogP contribution < -0.4 is 0 Å². The number of rotatable bonds is 2. The fourth-order valence-electron chi connectivity index (χ4n) is 2.50. The number of ether oxygens (including phenoxy) is 1. The van der Waals surface area contributed by atoms with Crippen LogP contribution in [0.2, 0.25) is 0 Å². The lowest BCUT2D eigenvalue weighted by Crippen LogP contribution is -2.47. The van der Waals surface area contributed by atoms with Crippen molar-refractivity contribution < 1.29 is 9.53 Å². The van der Waals surface area contributed by atoms with Gasteiger partial charge < -0.3 is 9.64 Å². The summed E-state index contributed by atoms with van der Waals surface area (Å²) in [5.41, 5.74) is 2.14. The standard InChI is InChI=1S/C16H17N3O2/c1-12-10-21-8-7-19(12)16(20)14-9-17-11-18-15(14)13-5-3-2-4-6-13/h2-6,9,11-12H,7-8,10H2,1H3/t12-/m1/s1. The highest BCUT2D eigenvalue weighted by Gasteiger charge is 2.27. The normalized spacial score (nSPS) is 18.5. The first-order valence-corrected chi connectivity index (χ1v) is 7.01. The highest BCUT2D eigenvalue weighted by molar-refractivity contribution is 5.99. The Morgan fingerprint density at radius 1 is 1.33 bits per heavy atom. The molecule has 0 radical (unpaired) electrons. The number of carbonyl (C=O) groups is 1. The third-order valence-electron chi connectivity index (χ3n) is 3.62. The Bertz CT molecular complexity index is 630.